The molecule has 0 radical (unpaired) electrons. The number of hydrogen-bond acceptors (Lipinski definition) is 4. The minimum absolute atomic E-state index is 0.0254. The van der Waals surface area contributed by atoms with Crippen molar-refractivity contribution in [2.24, 2.45) is 0 Å². The molecule has 2 rings (SSSR count). The lowest BCUT2D eigenvalue weighted by atomic mass is 10.1. The Balaban J connectivity index is 2.38. The van der Waals surface area contributed by atoms with Gasteiger partial charge in [0.05, 0.1) is 4.34 Å². The molecule has 4 nitrogen and oxygen atoms in total. The highest BCUT2D eigenvalue weighted by molar-refractivity contribution is 7.89. The summed E-state index contributed by atoms with van der Waals surface area (Å²) in [7, 11) is -2.22. The lowest BCUT2D eigenvalue weighted by molar-refractivity contribution is 0.398. The molecule has 1 heterocycles. The number of rotatable bonds is 4. The Kier molecular flexibility index (Phi) is 4.85. The van der Waals surface area contributed by atoms with Crippen molar-refractivity contribution in [3.05, 3.63) is 44.6 Å². The van der Waals surface area contributed by atoms with Gasteiger partial charge in [0, 0.05) is 18.8 Å². The van der Waals surface area contributed by atoms with Gasteiger partial charge >= 0.3 is 0 Å². The van der Waals surface area contributed by atoms with E-state index in [1.807, 2.05) is 6.07 Å². The van der Waals surface area contributed by atoms with Gasteiger partial charge in [-0.3, -0.25) is 0 Å². The maximum atomic E-state index is 12.6. The Morgan fingerprint density at radius 3 is 2.48 bits per heavy atom. The summed E-state index contributed by atoms with van der Waals surface area (Å²) in [6.45, 7) is 1.79. The van der Waals surface area contributed by atoms with Crippen LogP contribution in [-0.2, 0) is 10.0 Å². The van der Waals surface area contributed by atoms with Crippen LogP contribution < -0.4 is 5.73 Å². The molecule has 114 valence electrons. The number of anilines is 1. The van der Waals surface area contributed by atoms with E-state index in [1.54, 1.807) is 25.1 Å². The Morgan fingerprint density at radius 2 is 1.95 bits per heavy atom. The molecule has 0 fully saturated rings. The minimum atomic E-state index is -3.72. The topological polar surface area (TPSA) is 63.4 Å². The number of benzene rings is 1. The molecule has 0 saturated carbocycles. The highest BCUT2D eigenvalue weighted by atomic mass is 35.5. The van der Waals surface area contributed by atoms with Crippen molar-refractivity contribution in [3.63, 3.8) is 0 Å². The van der Waals surface area contributed by atoms with E-state index in [0.29, 0.717) is 10.0 Å². The van der Waals surface area contributed by atoms with Crippen LogP contribution in [0.5, 0.6) is 0 Å². The van der Waals surface area contributed by atoms with E-state index in [1.165, 1.54) is 17.4 Å². The minimum Gasteiger partial charge on any atom is -0.399 e. The summed E-state index contributed by atoms with van der Waals surface area (Å²) in [6.07, 6.45) is 0. The quantitative estimate of drug-likeness (QED) is 0.833. The molecule has 0 amide bonds. The van der Waals surface area contributed by atoms with E-state index in [2.05, 4.69) is 0 Å². The summed E-state index contributed by atoms with van der Waals surface area (Å²) in [4.78, 5) is 0.0254. The van der Waals surface area contributed by atoms with Crippen molar-refractivity contribution in [2.45, 2.75) is 17.9 Å². The van der Waals surface area contributed by atoms with Crippen molar-refractivity contribution in [3.8, 4) is 0 Å². The summed E-state index contributed by atoms with van der Waals surface area (Å²) in [6, 6.07) is 8.10. The zero-order valence-corrected chi connectivity index (χ0v) is 14.5. The zero-order valence-electron chi connectivity index (χ0n) is 11.4. The normalized spacial score (nSPS) is 13.6. The Labute approximate surface area is 138 Å². The van der Waals surface area contributed by atoms with Crippen LogP contribution in [-0.4, -0.2) is 19.8 Å². The Bertz CT molecular complexity index is 759. The maximum absolute atomic E-state index is 12.6. The van der Waals surface area contributed by atoms with E-state index in [-0.39, 0.29) is 15.3 Å². The fourth-order valence-corrected chi connectivity index (χ4v) is 5.35. The number of nitrogen functional groups attached to an aromatic ring is 1. The molecule has 0 bridgehead atoms. The zero-order chi connectivity index (χ0) is 15.8. The number of nitrogens with two attached hydrogens (primary N) is 1. The van der Waals surface area contributed by atoms with Gasteiger partial charge in [-0.15, -0.1) is 11.3 Å². The van der Waals surface area contributed by atoms with Crippen LogP contribution in [0, 0.1) is 0 Å². The first kappa shape index (κ1) is 16.6. The van der Waals surface area contributed by atoms with Gasteiger partial charge in [0.15, 0.2) is 0 Å². The second-order valence-electron chi connectivity index (χ2n) is 4.56. The van der Waals surface area contributed by atoms with Crippen molar-refractivity contribution >= 4 is 50.2 Å². The number of nitrogens with zero attached hydrogens (tertiary/aromatic N) is 1. The van der Waals surface area contributed by atoms with Gasteiger partial charge in [-0.2, -0.15) is 4.31 Å². The molecule has 0 spiro atoms. The molecule has 1 atom stereocenters. The van der Waals surface area contributed by atoms with Crippen molar-refractivity contribution in [1.29, 1.82) is 0 Å². The molecule has 0 aliphatic heterocycles. The van der Waals surface area contributed by atoms with Gasteiger partial charge in [0.2, 0.25) is 10.0 Å². The molecule has 1 aromatic heterocycles. The van der Waals surface area contributed by atoms with E-state index < -0.39 is 10.0 Å². The first-order chi connectivity index (χ1) is 9.73. The third-order valence-electron chi connectivity index (χ3n) is 3.22. The van der Waals surface area contributed by atoms with E-state index in [9.17, 15) is 8.42 Å². The van der Waals surface area contributed by atoms with Crippen LogP contribution in [0.15, 0.2) is 35.2 Å². The number of hydrogen-bond donors (Lipinski definition) is 1. The first-order valence-corrected chi connectivity index (χ1v) is 9.03. The van der Waals surface area contributed by atoms with E-state index in [4.69, 9.17) is 28.9 Å². The predicted molar refractivity (Wildman–Crippen MR) is 88.6 cm³/mol. The molecule has 2 N–H and O–H groups in total. The SMILES string of the molecule is CC(c1cccc(N)c1)N(C)S(=O)(=O)c1cc(Cl)sc1Cl. The first-order valence-electron chi connectivity index (χ1n) is 6.02. The lowest BCUT2D eigenvalue weighted by Gasteiger charge is -2.24. The van der Waals surface area contributed by atoms with Crippen LogP contribution >= 0.6 is 34.5 Å². The summed E-state index contributed by atoms with van der Waals surface area (Å²) < 4.78 is 27.0. The van der Waals surface area contributed by atoms with Crippen molar-refractivity contribution in [1.82, 2.24) is 4.31 Å². The smallest absolute Gasteiger partial charge is 0.245 e. The number of sulfonamides is 1. The fourth-order valence-electron chi connectivity index (χ4n) is 1.89. The molecule has 0 aliphatic rings. The van der Waals surface area contributed by atoms with Crippen LogP contribution in [0.3, 0.4) is 0 Å². The molecule has 0 aliphatic carbocycles. The second kappa shape index (κ2) is 6.14. The number of thiophene rings is 1. The third-order valence-corrected chi connectivity index (χ3v) is 6.90. The summed E-state index contributed by atoms with van der Waals surface area (Å²) in [5.74, 6) is 0. The van der Waals surface area contributed by atoms with Gasteiger partial charge in [-0.25, -0.2) is 8.42 Å². The average Bonchev–Trinajstić information content (AvgIpc) is 2.76. The fraction of sp³-hybridized carbons (Fsp3) is 0.231. The van der Waals surface area contributed by atoms with Crippen LogP contribution in [0.4, 0.5) is 5.69 Å². The molecule has 8 heteroatoms. The predicted octanol–water partition coefficient (Wildman–Crippen LogP) is 4.02. The lowest BCUT2D eigenvalue weighted by Crippen LogP contribution is -2.29. The standard InChI is InChI=1S/C13H14Cl2N2O2S2/c1-8(9-4-3-5-10(16)6-9)17(2)21(18,19)11-7-12(14)20-13(11)15/h3-8H,16H2,1-2H3. The van der Waals surface area contributed by atoms with Gasteiger partial charge < -0.3 is 5.73 Å². The van der Waals surface area contributed by atoms with Gasteiger partial charge in [0.1, 0.15) is 9.23 Å². The third kappa shape index (κ3) is 3.35. The molecule has 1 aromatic carbocycles. The van der Waals surface area contributed by atoms with Crippen molar-refractivity contribution in [2.75, 3.05) is 12.8 Å². The Morgan fingerprint density at radius 1 is 1.29 bits per heavy atom. The maximum Gasteiger partial charge on any atom is 0.245 e. The van der Waals surface area contributed by atoms with Gasteiger partial charge in [0.25, 0.3) is 0 Å². The second-order valence-corrected chi connectivity index (χ2v) is 8.81. The number of halogens is 2. The van der Waals surface area contributed by atoms with Gasteiger partial charge in [-0.1, -0.05) is 35.3 Å². The molecule has 1 unspecified atom stereocenters. The van der Waals surface area contributed by atoms with E-state index >= 15 is 0 Å². The highest BCUT2D eigenvalue weighted by Crippen LogP contribution is 2.37. The van der Waals surface area contributed by atoms with Gasteiger partial charge in [-0.05, 0) is 30.7 Å². The largest absolute Gasteiger partial charge is 0.399 e. The molecule has 0 saturated heterocycles. The summed E-state index contributed by atoms with van der Waals surface area (Å²) >= 11 is 12.8. The highest BCUT2D eigenvalue weighted by Gasteiger charge is 2.29. The van der Waals surface area contributed by atoms with Crippen LogP contribution in [0.1, 0.15) is 18.5 Å². The van der Waals surface area contributed by atoms with Crippen LogP contribution in [0.2, 0.25) is 8.67 Å². The molecule has 2 aromatic rings. The van der Waals surface area contributed by atoms with Crippen LogP contribution in [0.25, 0.3) is 0 Å². The van der Waals surface area contributed by atoms with E-state index in [0.717, 1.165) is 16.9 Å². The average molecular weight is 365 g/mol. The molecular formula is C13H14Cl2N2O2S2. The monoisotopic (exact) mass is 364 g/mol. The van der Waals surface area contributed by atoms with Crippen molar-refractivity contribution < 1.29 is 8.42 Å². The summed E-state index contributed by atoms with van der Waals surface area (Å²) in [5.41, 5.74) is 7.13. The molecule has 21 heavy (non-hydrogen) atoms. The molecular weight excluding hydrogens is 351 g/mol. The Hall–Kier alpha value is -0.790. The summed E-state index contributed by atoms with van der Waals surface area (Å²) in [5, 5.41) is 0.